The Bertz CT molecular complexity index is 2030. The number of alkyl halides is 6. The van der Waals surface area contributed by atoms with Crippen LogP contribution in [0.4, 0.5) is 37.7 Å². The first kappa shape index (κ1) is 35.3. The molecule has 0 atom stereocenters. The molecular formula is C38H36F6N6O2. The smallest absolute Gasteiger partial charge is 0.406 e. The van der Waals surface area contributed by atoms with Crippen molar-refractivity contribution in [1.29, 1.82) is 0 Å². The number of anilines is 2. The van der Waals surface area contributed by atoms with Crippen molar-refractivity contribution in [3.8, 4) is 11.5 Å². The second kappa shape index (κ2) is 14.9. The van der Waals surface area contributed by atoms with Crippen molar-refractivity contribution in [3.63, 3.8) is 0 Å². The van der Waals surface area contributed by atoms with Crippen molar-refractivity contribution < 1.29 is 35.8 Å². The van der Waals surface area contributed by atoms with Gasteiger partial charge in [-0.2, -0.15) is 0 Å². The van der Waals surface area contributed by atoms with Crippen LogP contribution in [0.3, 0.4) is 0 Å². The molecule has 0 spiro atoms. The van der Waals surface area contributed by atoms with Gasteiger partial charge in [-0.3, -0.25) is 0 Å². The van der Waals surface area contributed by atoms with Gasteiger partial charge in [-0.1, -0.05) is 36.4 Å². The van der Waals surface area contributed by atoms with Crippen molar-refractivity contribution in [2.45, 2.75) is 25.6 Å². The number of nitrogens with one attached hydrogen (secondary N) is 2. The number of pyridine rings is 2. The van der Waals surface area contributed by atoms with Gasteiger partial charge < -0.3 is 29.9 Å². The Morgan fingerprint density at radius 1 is 0.519 bits per heavy atom. The van der Waals surface area contributed by atoms with E-state index in [9.17, 15) is 26.3 Å². The molecule has 1 saturated heterocycles. The zero-order chi connectivity index (χ0) is 36.3. The number of piperazine rings is 1. The second-order valence-electron chi connectivity index (χ2n) is 12.7. The standard InChI is InChI=1S/C38H36F6N6O2/c39-37(40,41)51-25-11-13-33-29(23-25)35(27-7-1-3-9-31(27)47-33)45-15-5-17-49-19-21-50(22-20-49)18-6-16-46-36-28-8-2-4-10-32(28)48-34-14-12-26(24-30(34)36)52-38(42,43)44/h1-4,7-14,23-24H,5-6,15-22H2,(H,45,47)(H,46,48). The highest BCUT2D eigenvalue weighted by Crippen LogP contribution is 2.36. The largest absolute Gasteiger partial charge is 0.573 e. The van der Waals surface area contributed by atoms with Gasteiger partial charge in [0.2, 0.25) is 0 Å². The fraction of sp³-hybridized carbons (Fsp3) is 0.316. The Balaban J connectivity index is 0.909. The molecule has 2 N–H and O–H groups in total. The fourth-order valence-electron chi connectivity index (χ4n) is 6.78. The molecule has 0 radical (unpaired) electrons. The molecule has 4 aromatic carbocycles. The molecule has 0 unspecified atom stereocenters. The van der Waals surface area contributed by atoms with E-state index in [4.69, 9.17) is 0 Å². The maximum absolute atomic E-state index is 12.9. The molecule has 8 nitrogen and oxygen atoms in total. The summed E-state index contributed by atoms with van der Waals surface area (Å²) in [4.78, 5) is 14.1. The molecule has 0 saturated carbocycles. The van der Waals surface area contributed by atoms with Gasteiger partial charge in [0.05, 0.1) is 33.4 Å². The van der Waals surface area contributed by atoms with E-state index >= 15 is 0 Å². The molecule has 3 heterocycles. The number of nitrogens with zero attached hydrogens (tertiary/aromatic N) is 4. The maximum Gasteiger partial charge on any atom is 0.573 e. The molecule has 52 heavy (non-hydrogen) atoms. The predicted molar refractivity (Wildman–Crippen MR) is 191 cm³/mol. The molecule has 0 amide bonds. The molecule has 6 aromatic rings. The minimum atomic E-state index is -4.79. The Labute approximate surface area is 295 Å². The number of hydrogen-bond acceptors (Lipinski definition) is 8. The summed E-state index contributed by atoms with van der Waals surface area (Å²) in [6, 6.07) is 23.5. The van der Waals surface area contributed by atoms with Crippen LogP contribution in [0.5, 0.6) is 11.5 Å². The molecule has 0 aliphatic carbocycles. The quantitative estimate of drug-likeness (QED) is 0.0738. The molecule has 272 valence electrons. The first-order valence-corrected chi connectivity index (χ1v) is 17.1. The van der Waals surface area contributed by atoms with E-state index in [2.05, 4.69) is 39.9 Å². The van der Waals surface area contributed by atoms with Crippen molar-refractivity contribution in [2.75, 3.05) is 63.0 Å². The highest BCUT2D eigenvalue weighted by Gasteiger charge is 2.32. The lowest BCUT2D eigenvalue weighted by molar-refractivity contribution is -0.275. The van der Waals surface area contributed by atoms with Crippen LogP contribution in [0.25, 0.3) is 43.6 Å². The topological polar surface area (TPSA) is 74.8 Å². The highest BCUT2D eigenvalue weighted by molar-refractivity contribution is 6.08. The van der Waals surface area contributed by atoms with E-state index in [1.165, 1.54) is 24.3 Å². The lowest BCUT2D eigenvalue weighted by Gasteiger charge is -2.34. The fourth-order valence-corrected chi connectivity index (χ4v) is 6.78. The van der Waals surface area contributed by atoms with Crippen molar-refractivity contribution in [1.82, 2.24) is 19.8 Å². The lowest BCUT2D eigenvalue weighted by Crippen LogP contribution is -2.47. The van der Waals surface area contributed by atoms with E-state index in [0.29, 0.717) is 34.9 Å². The zero-order valence-corrected chi connectivity index (χ0v) is 28.0. The number of rotatable bonds is 12. The number of hydrogen-bond donors (Lipinski definition) is 2. The normalized spacial score (nSPS) is 14.7. The van der Waals surface area contributed by atoms with Gasteiger partial charge >= 0.3 is 12.7 Å². The van der Waals surface area contributed by atoms with E-state index in [-0.39, 0.29) is 11.5 Å². The van der Waals surface area contributed by atoms with Crippen LogP contribution >= 0.6 is 0 Å². The lowest BCUT2D eigenvalue weighted by atomic mass is 10.1. The number of aromatic nitrogens is 2. The molecule has 7 rings (SSSR count). The van der Waals surface area contributed by atoms with E-state index in [1.54, 1.807) is 12.1 Å². The zero-order valence-electron chi connectivity index (χ0n) is 28.0. The van der Waals surface area contributed by atoms with E-state index < -0.39 is 12.7 Å². The van der Waals surface area contributed by atoms with Gasteiger partial charge in [-0.05, 0) is 74.5 Å². The number of benzene rings is 4. The molecule has 2 aromatic heterocycles. The molecule has 1 fully saturated rings. The third kappa shape index (κ3) is 8.51. The minimum Gasteiger partial charge on any atom is -0.406 e. The maximum atomic E-state index is 12.9. The Hall–Kier alpha value is -5.08. The average Bonchev–Trinajstić information content (AvgIpc) is 3.10. The van der Waals surface area contributed by atoms with Gasteiger partial charge in [-0.25, -0.2) is 9.97 Å². The molecular weight excluding hydrogens is 686 g/mol. The Morgan fingerprint density at radius 2 is 0.904 bits per heavy atom. The van der Waals surface area contributed by atoms with Crippen LogP contribution < -0.4 is 20.1 Å². The third-order valence-corrected chi connectivity index (χ3v) is 9.14. The molecule has 14 heteroatoms. The summed E-state index contributed by atoms with van der Waals surface area (Å²) in [7, 11) is 0. The van der Waals surface area contributed by atoms with Gasteiger partial charge in [0.1, 0.15) is 11.5 Å². The molecule has 0 bridgehead atoms. The second-order valence-corrected chi connectivity index (χ2v) is 12.7. The van der Waals surface area contributed by atoms with Crippen LogP contribution in [-0.4, -0.2) is 84.9 Å². The summed E-state index contributed by atoms with van der Waals surface area (Å²) in [5.41, 5.74) is 4.12. The number of fused-ring (bicyclic) bond motifs is 4. The van der Waals surface area contributed by atoms with Gasteiger partial charge in [-0.15, -0.1) is 26.3 Å². The van der Waals surface area contributed by atoms with E-state index in [1.807, 2.05) is 48.5 Å². The summed E-state index contributed by atoms with van der Waals surface area (Å²) in [5, 5.41) is 9.72. The van der Waals surface area contributed by atoms with Crippen LogP contribution in [0.2, 0.25) is 0 Å². The average molecular weight is 723 g/mol. The third-order valence-electron chi connectivity index (χ3n) is 9.14. The van der Waals surface area contributed by atoms with Crippen LogP contribution in [0.1, 0.15) is 12.8 Å². The minimum absolute atomic E-state index is 0.290. The number of halogens is 6. The first-order chi connectivity index (χ1) is 25.0. The number of ether oxygens (including phenoxy) is 2. The number of para-hydroxylation sites is 2. The van der Waals surface area contributed by atoms with E-state index in [0.717, 1.165) is 85.3 Å². The molecule has 1 aliphatic heterocycles. The van der Waals surface area contributed by atoms with Crippen molar-refractivity contribution >= 4 is 55.0 Å². The monoisotopic (exact) mass is 722 g/mol. The summed E-state index contributed by atoms with van der Waals surface area (Å²) in [6.45, 7) is 6.64. The van der Waals surface area contributed by atoms with Gasteiger partial charge in [0.15, 0.2) is 0 Å². The van der Waals surface area contributed by atoms with Gasteiger partial charge in [0.25, 0.3) is 0 Å². The first-order valence-electron chi connectivity index (χ1n) is 17.1. The van der Waals surface area contributed by atoms with Crippen LogP contribution in [0, 0.1) is 0 Å². The van der Waals surface area contributed by atoms with Crippen molar-refractivity contribution in [2.24, 2.45) is 0 Å². The Morgan fingerprint density at radius 3 is 1.31 bits per heavy atom. The van der Waals surface area contributed by atoms with Crippen molar-refractivity contribution in [3.05, 3.63) is 84.9 Å². The van der Waals surface area contributed by atoms with Crippen LogP contribution in [0.15, 0.2) is 84.9 Å². The summed E-state index contributed by atoms with van der Waals surface area (Å²) in [5.74, 6) is -0.580. The Kier molecular flexibility index (Phi) is 10.1. The predicted octanol–water partition coefficient (Wildman–Crippen LogP) is 8.81. The summed E-state index contributed by atoms with van der Waals surface area (Å²) in [6.07, 6.45) is -7.90. The highest BCUT2D eigenvalue weighted by atomic mass is 19.4. The van der Waals surface area contributed by atoms with Gasteiger partial charge in [0, 0.05) is 60.8 Å². The van der Waals surface area contributed by atoms with Crippen LogP contribution in [-0.2, 0) is 0 Å². The molecule has 1 aliphatic rings. The summed E-state index contributed by atoms with van der Waals surface area (Å²) < 4.78 is 86.0. The summed E-state index contributed by atoms with van der Waals surface area (Å²) >= 11 is 0. The SMILES string of the molecule is FC(F)(F)Oc1ccc2nc3ccccc3c(NCCCN3CCN(CCCNc4c5ccccc5nc5ccc(OC(F)(F)F)cc45)CC3)c2c1.